The predicted molar refractivity (Wildman–Crippen MR) is 67.1 cm³/mol. The molecule has 1 aliphatic heterocycles. The van der Waals surface area contributed by atoms with Crippen molar-refractivity contribution < 1.29 is 4.74 Å². The highest BCUT2D eigenvalue weighted by molar-refractivity contribution is 6.21. The van der Waals surface area contributed by atoms with E-state index in [-0.39, 0.29) is 5.38 Å². The third-order valence-corrected chi connectivity index (χ3v) is 3.54. The Bertz CT molecular complexity index is 521. The number of rotatable bonds is 0. The summed E-state index contributed by atoms with van der Waals surface area (Å²) < 4.78 is 5.51. The van der Waals surface area contributed by atoms with Crippen molar-refractivity contribution in [2.75, 3.05) is 13.2 Å². The number of ether oxygens (including phenoxy) is 1. The Labute approximate surface area is 100.0 Å². The molecule has 0 saturated carbocycles. The van der Waals surface area contributed by atoms with Crippen LogP contribution in [0.3, 0.4) is 0 Å². The van der Waals surface area contributed by atoms with Gasteiger partial charge in [-0.2, -0.15) is 0 Å². The van der Waals surface area contributed by atoms with Gasteiger partial charge in [0, 0.05) is 0 Å². The lowest BCUT2D eigenvalue weighted by Gasteiger charge is -2.12. The molecule has 16 heavy (non-hydrogen) atoms. The van der Waals surface area contributed by atoms with E-state index in [0.29, 0.717) is 6.61 Å². The zero-order valence-corrected chi connectivity index (χ0v) is 9.70. The van der Waals surface area contributed by atoms with Crippen molar-refractivity contribution in [1.82, 2.24) is 0 Å². The summed E-state index contributed by atoms with van der Waals surface area (Å²) in [6.07, 6.45) is 0.958. The second-order valence-electron chi connectivity index (χ2n) is 4.15. The second-order valence-corrected chi connectivity index (χ2v) is 4.67. The maximum atomic E-state index is 6.33. The maximum Gasteiger partial charge on any atom is 0.0821 e. The molecule has 0 spiro atoms. The molecular weight excluding hydrogens is 220 g/mol. The van der Waals surface area contributed by atoms with Crippen LogP contribution in [-0.4, -0.2) is 13.2 Å². The normalized spacial score (nSPS) is 20.4. The molecule has 0 saturated heterocycles. The first-order valence-electron chi connectivity index (χ1n) is 5.58. The molecule has 0 N–H and O–H groups in total. The highest BCUT2D eigenvalue weighted by atomic mass is 35.5. The van der Waals surface area contributed by atoms with E-state index >= 15 is 0 Å². The fourth-order valence-electron chi connectivity index (χ4n) is 2.38. The number of fused-ring (bicyclic) bond motifs is 3. The van der Waals surface area contributed by atoms with E-state index in [4.69, 9.17) is 16.3 Å². The zero-order valence-electron chi connectivity index (χ0n) is 8.95. The van der Waals surface area contributed by atoms with Gasteiger partial charge < -0.3 is 4.74 Å². The molecule has 82 valence electrons. The fourth-order valence-corrected chi connectivity index (χ4v) is 2.67. The van der Waals surface area contributed by atoms with Crippen LogP contribution in [0.4, 0.5) is 0 Å². The van der Waals surface area contributed by atoms with E-state index in [0.717, 1.165) is 13.0 Å². The molecule has 1 aliphatic rings. The summed E-state index contributed by atoms with van der Waals surface area (Å²) >= 11 is 6.33. The van der Waals surface area contributed by atoms with E-state index in [2.05, 4.69) is 36.4 Å². The molecule has 1 heterocycles. The van der Waals surface area contributed by atoms with Crippen molar-refractivity contribution in [1.29, 1.82) is 0 Å². The molecule has 2 aromatic carbocycles. The standard InChI is InChI=1S/C14H13ClO/c15-14-9-16-8-7-12-11-4-2-1-3-10(11)5-6-13(12)14/h1-6,14H,7-9H2. The van der Waals surface area contributed by atoms with Gasteiger partial charge in [0.25, 0.3) is 0 Å². The molecule has 2 heteroatoms. The summed E-state index contributed by atoms with van der Waals surface area (Å²) in [5.41, 5.74) is 2.59. The summed E-state index contributed by atoms with van der Waals surface area (Å²) in [4.78, 5) is 0. The first-order valence-corrected chi connectivity index (χ1v) is 6.02. The lowest BCUT2D eigenvalue weighted by molar-refractivity contribution is 0.144. The highest BCUT2D eigenvalue weighted by Crippen LogP contribution is 2.32. The van der Waals surface area contributed by atoms with Crippen LogP contribution in [0.2, 0.25) is 0 Å². The second kappa shape index (κ2) is 4.08. The van der Waals surface area contributed by atoms with Crippen molar-refractivity contribution in [3.63, 3.8) is 0 Å². The Morgan fingerprint density at radius 1 is 1.12 bits per heavy atom. The molecule has 1 unspecified atom stereocenters. The fraction of sp³-hybridized carbons (Fsp3) is 0.286. The summed E-state index contributed by atoms with van der Waals surface area (Å²) in [7, 11) is 0. The zero-order chi connectivity index (χ0) is 11.0. The molecule has 0 bridgehead atoms. The molecule has 1 nitrogen and oxygen atoms in total. The lowest BCUT2D eigenvalue weighted by atomic mass is 9.95. The molecule has 0 aromatic heterocycles. The Morgan fingerprint density at radius 2 is 2.00 bits per heavy atom. The number of alkyl halides is 1. The van der Waals surface area contributed by atoms with Gasteiger partial charge in [0.1, 0.15) is 0 Å². The molecule has 0 fully saturated rings. The van der Waals surface area contributed by atoms with E-state index in [9.17, 15) is 0 Å². The van der Waals surface area contributed by atoms with Crippen molar-refractivity contribution in [3.8, 4) is 0 Å². The van der Waals surface area contributed by atoms with Gasteiger partial charge >= 0.3 is 0 Å². The third-order valence-electron chi connectivity index (χ3n) is 3.17. The Kier molecular flexibility index (Phi) is 2.58. The van der Waals surface area contributed by atoms with Crippen molar-refractivity contribution in [2.24, 2.45) is 0 Å². The van der Waals surface area contributed by atoms with Crippen molar-refractivity contribution >= 4 is 22.4 Å². The molecule has 0 aliphatic carbocycles. The van der Waals surface area contributed by atoms with Gasteiger partial charge in [0.05, 0.1) is 18.6 Å². The summed E-state index contributed by atoms with van der Waals surface area (Å²) in [6.45, 7) is 1.39. The molecule has 0 radical (unpaired) electrons. The average Bonchev–Trinajstić information content (AvgIpc) is 2.52. The van der Waals surface area contributed by atoms with Gasteiger partial charge in [-0.25, -0.2) is 0 Å². The van der Waals surface area contributed by atoms with Gasteiger partial charge in [-0.1, -0.05) is 36.4 Å². The quantitative estimate of drug-likeness (QED) is 0.630. The average molecular weight is 233 g/mol. The Hall–Kier alpha value is -1.05. The van der Waals surface area contributed by atoms with Gasteiger partial charge in [0.15, 0.2) is 0 Å². The lowest BCUT2D eigenvalue weighted by Crippen LogP contribution is -1.98. The number of hydrogen-bond acceptors (Lipinski definition) is 1. The van der Waals surface area contributed by atoms with Crippen molar-refractivity contribution in [2.45, 2.75) is 11.8 Å². The SMILES string of the molecule is ClC1COCCc2c1ccc1ccccc21. The number of benzene rings is 2. The summed E-state index contributed by atoms with van der Waals surface area (Å²) in [5, 5.41) is 2.59. The molecule has 3 rings (SSSR count). The molecular formula is C14H13ClO. The van der Waals surface area contributed by atoms with E-state index in [1.54, 1.807) is 0 Å². The molecule has 0 amide bonds. The van der Waals surface area contributed by atoms with Crippen LogP contribution in [0.15, 0.2) is 36.4 Å². The van der Waals surface area contributed by atoms with Crippen LogP contribution in [0.5, 0.6) is 0 Å². The van der Waals surface area contributed by atoms with Crippen LogP contribution in [-0.2, 0) is 11.2 Å². The maximum absolute atomic E-state index is 6.33. The highest BCUT2D eigenvalue weighted by Gasteiger charge is 2.18. The van der Waals surface area contributed by atoms with Gasteiger partial charge in [-0.05, 0) is 28.3 Å². The minimum Gasteiger partial charge on any atom is -0.379 e. The van der Waals surface area contributed by atoms with Crippen LogP contribution in [0.25, 0.3) is 10.8 Å². The largest absolute Gasteiger partial charge is 0.379 e. The minimum absolute atomic E-state index is 0.0119. The third kappa shape index (κ3) is 1.60. The predicted octanol–water partition coefficient (Wildman–Crippen LogP) is 3.69. The minimum atomic E-state index is -0.0119. The van der Waals surface area contributed by atoms with E-state index in [1.807, 2.05) is 0 Å². The first kappa shape index (κ1) is 10.1. The Balaban J connectivity index is 2.28. The van der Waals surface area contributed by atoms with E-state index < -0.39 is 0 Å². The van der Waals surface area contributed by atoms with Crippen LogP contribution < -0.4 is 0 Å². The topological polar surface area (TPSA) is 9.23 Å². The number of hydrogen-bond donors (Lipinski definition) is 0. The van der Waals surface area contributed by atoms with Crippen LogP contribution >= 0.6 is 11.6 Å². The smallest absolute Gasteiger partial charge is 0.0821 e. The molecule has 2 aromatic rings. The van der Waals surface area contributed by atoms with Crippen LogP contribution in [0, 0.1) is 0 Å². The number of halogens is 1. The van der Waals surface area contributed by atoms with Gasteiger partial charge in [-0.3, -0.25) is 0 Å². The first-order chi connectivity index (χ1) is 7.86. The molecule has 1 atom stereocenters. The van der Waals surface area contributed by atoms with E-state index in [1.165, 1.54) is 21.9 Å². The van der Waals surface area contributed by atoms with Crippen molar-refractivity contribution in [3.05, 3.63) is 47.5 Å². The monoisotopic (exact) mass is 232 g/mol. The summed E-state index contributed by atoms with van der Waals surface area (Å²) in [5.74, 6) is 0. The van der Waals surface area contributed by atoms with Crippen LogP contribution in [0.1, 0.15) is 16.5 Å². The van der Waals surface area contributed by atoms with Gasteiger partial charge in [-0.15, -0.1) is 11.6 Å². The Morgan fingerprint density at radius 3 is 2.94 bits per heavy atom. The van der Waals surface area contributed by atoms with Gasteiger partial charge in [0.2, 0.25) is 0 Å². The summed E-state index contributed by atoms with van der Waals surface area (Å²) in [6, 6.07) is 12.8.